The van der Waals surface area contributed by atoms with Gasteiger partial charge in [0.05, 0.1) is 5.69 Å². The molecule has 1 rings (SSSR count). The maximum Gasteiger partial charge on any atom is 0.323 e. The fourth-order valence-corrected chi connectivity index (χ4v) is 1.33. The highest BCUT2D eigenvalue weighted by Gasteiger charge is 2.30. The Morgan fingerprint density at radius 1 is 1.62 bits per heavy atom. The fourth-order valence-electron chi connectivity index (χ4n) is 1.33. The molecule has 0 saturated carbocycles. The summed E-state index contributed by atoms with van der Waals surface area (Å²) in [5.41, 5.74) is 1.08. The summed E-state index contributed by atoms with van der Waals surface area (Å²) in [4.78, 5) is 15.3. The zero-order chi connectivity index (χ0) is 12.2. The molecule has 0 radical (unpaired) electrons. The summed E-state index contributed by atoms with van der Waals surface area (Å²) in [6, 6.07) is 3.84. The van der Waals surface area contributed by atoms with Gasteiger partial charge in [-0.3, -0.25) is 15.1 Å². The lowest BCUT2D eigenvalue weighted by atomic mass is 9.99. The Kier molecular flexibility index (Phi) is 4.01. The third kappa shape index (κ3) is 2.79. The predicted octanol–water partition coefficient (Wildman–Crippen LogP) is 1.73. The Hall–Kier alpha value is -1.42. The number of aliphatic carboxylic acids is 1. The average Bonchev–Trinajstić information content (AvgIpc) is 2.27. The van der Waals surface area contributed by atoms with Gasteiger partial charge in [-0.2, -0.15) is 0 Å². The predicted molar refractivity (Wildman–Crippen MR) is 62.1 cm³/mol. The van der Waals surface area contributed by atoms with Crippen LogP contribution in [0.15, 0.2) is 18.3 Å². The number of pyridine rings is 1. The summed E-state index contributed by atoms with van der Waals surface area (Å²) in [7, 11) is 0. The molecular weight excluding hydrogens is 204 g/mol. The lowest BCUT2D eigenvalue weighted by Gasteiger charge is -2.24. The lowest BCUT2D eigenvalue weighted by molar-refractivity contribution is -0.144. The van der Waals surface area contributed by atoms with Crippen molar-refractivity contribution in [2.75, 3.05) is 0 Å². The quantitative estimate of drug-likeness (QED) is 0.796. The number of rotatable bonds is 5. The van der Waals surface area contributed by atoms with E-state index in [9.17, 15) is 4.79 Å². The standard InChI is InChI=1S/C12H18N2O2/c1-4-12(3,11(15)16)14-8-10-9(2)6-5-7-13-10/h5-7,14H,4,8H2,1-3H3,(H,15,16). The van der Waals surface area contributed by atoms with Crippen LogP contribution in [0.25, 0.3) is 0 Å². The van der Waals surface area contributed by atoms with Gasteiger partial charge in [-0.25, -0.2) is 0 Å². The molecule has 0 fully saturated rings. The summed E-state index contributed by atoms with van der Waals surface area (Å²) in [5, 5.41) is 12.1. The number of hydrogen-bond donors (Lipinski definition) is 2. The Morgan fingerprint density at radius 2 is 2.31 bits per heavy atom. The van der Waals surface area contributed by atoms with Crippen LogP contribution in [0.1, 0.15) is 31.5 Å². The zero-order valence-corrected chi connectivity index (χ0v) is 9.95. The second-order valence-corrected chi connectivity index (χ2v) is 4.11. The molecule has 4 nitrogen and oxygen atoms in total. The number of aromatic nitrogens is 1. The Bertz CT molecular complexity index is 379. The topological polar surface area (TPSA) is 62.2 Å². The molecule has 1 heterocycles. The van der Waals surface area contributed by atoms with Crippen LogP contribution < -0.4 is 5.32 Å². The highest BCUT2D eigenvalue weighted by atomic mass is 16.4. The smallest absolute Gasteiger partial charge is 0.323 e. The van der Waals surface area contributed by atoms with Crippen molar-refractivity contribution in [3.05, 3.63) is 29.6 Å². The molecule has 1 atom stereocenters. The first-order valence-electron chi connectivity index (χ1n) is 5.38. The van der Waals surface area contributed by atoms with Crippen molar-refractivity contribution in [1.29, 1.82) is 0 Å². The monoisotopic (exact) mass is 222 g/mol. The molecule has 1 unspecified atom stereocenters. The van der Waals surface area contributed by atoms with Crippen LogP contribution in [-0.2, 0) is 11.3 Å². The van der Waals surface area contributed by atoms with E-state index in [0.717, 1.165) is 11.3 Å². The molecule has 0 spiro atoms. The zero-order valence-electron chi connectivity index (χ0n) is 9.95. The first kappa shape index (κ1) is 12.6. The number of nitrogens with zero attached hydrogens (tertiary/aromatic N) is 1. The SMILES string of the molecule is CCC(C)(NCc1ncccc1C)C(=O)O. The van der Waals surface area contributed by atoms with Crippen molar-refractivity contribution in [2.24, 2.45) is 0 Å². The van der Waals surface area contributed by atoms with Crippen LogP contribution in [0.4, 0.5) is 0 Å². The van der Waals surface area contributed by atoms with Gasteiger partial charge in [0.2, 0.25) is 0 Å². The molecule has 1 aromatic rings. The number of carboxylic acids is 1. The van der Waals surface area contributed by atoms with Gasteiger partial charge in [-0.15, -0.1) is 0 Å². The van der Waals surface area contributed by atoms with E-state index in [2.05, 4.69) is 10.3 Å². The van der Waals surface area contributed by atoms with Crippen LogP contribution in [-0.4, -0.2) is 21.6 Å². The van der Waals surface area contributed by atoms with E-state index in [4.69, 9.17) is 5.11 Å². The number of hydrogen-bond acceptors (Lipinski definition) is 3. The van der Waals surface area contributed by atoms with Crippen LogP contribution in [0.3, 0.4) is 0 Å². The van der Waals surface area contributed by atoms with Gasteiger partial charge in [-0.1, -0.05) is 13.0 Å². The van der Waals surface area contributed by atoms with E-state index in [1.54, 1.807) is 13.1 Å². The first-order valence-corrected chi connectivity index (χ1v) is 5.38. The van der Waals surface area contributed by atoms with E-state index < -0.39 is 11.5 Å². The second kappa shape index (κ2) is 5.07. The summed E-state index contributed by atoms with van der Waals surface area (Å²) >= 11 is 0. The van der Waals surface area contributed by atoms with E-state index in [-0.39, 0.29) is 0 Å². The average molecular weight is 222 g/mol. The van der Waals surface area contributed by atoms with Gasteiger partial charge in [0.15, 0.2) is 0 Å². The van der Waals surface area contributed by atoms with Gasteiger partial charge in [0.25, 0.3) is 0 Å². The van der Waals surface area contributed by atoms with Crippen molar-refractivity contribution < 1.29 is 9.90 Å². The largest absolute Gasteiger partial charge is 0.480 e. The second-order valence-electron chi connectivity index (χ2n) is 4.11. The van der Waals surface area contributed by atoms with Gasteiger partial charge in [-0.05, 0) is 31.9 Å². The molecular formula is C12H18N2O2. The van der Waals surface area contributed by atoms with Crippen molar-refractivity contribution in [3.8, 4) is 0 Å². The molecule has 4 heteroatoms. The highest BCUT2D eigenvalue weighted by molar-refractivity contribution is 5.78. The van der Waals surface area contributed by atoms with E-state index in [1.165, 1.54) is 0 Å². The molecule has 2 N–H and O–H groups in total. The van der Waals surface area contributed by atoms with Crippen molar-refractivity contribution in [2.45, 2.75) is 39.3 Å². The van der Waals surface area contributed by atoms with Crippen molar-refractivity contribution in [1.82, 2.24) is 10.3 Å². The first-order chi connectivity index (χ1) is 7.49. The third-order valence-corrected chi connectivity index (χ3v) is 2.94. The molecule has 0 aliphatic rings. The molecule has 0 aliphatic carbocycles. The van der Waals surface area contributed by atoms with Gasteiger partial charge >= 0.3 is 5.97 Å². The normalized spacial score (nSPS) is 14.4. The number of carboxylic acid groups (broad SMARTS) is 1. The number of nitrogens with one attached hydrogen (secondary N) is 1. The molecule has 1 aromatic heterocycles. The van der Waals surface area contributed by atoms with Crippen molar-refractivity contribution in [3.63, 3.8) is 0 Å². The van der Waals surface area contributed by atoms with E-state index >= 15 is 0 Å². The molecule has 16 heavy (non-hydrogen) atoms. The molecule has 0 aliphatic heterocycles. The Morgan fingerprint density at radius 3 is 2.81 bits per heavy atom. The van der Waals surface area contributed by atoms with Gasteiger partial charge < -0.3 is 5.11 Å². The Balaban J connectivity index is 2.71. The van der Waals surface area contributed by atoms with Crippen LogP contribution in [0.5, 0.6) is 0 Å². The molecule has 0 bridgehead atoms. The summed E-state index contributed by atoms with van der Waals surface area (Å²) in [6.07, 6.45) is 2.25. The molecule has 0 aromatic carbocycles. The highest BCUT2D eigenvalue weighted by Crippen LogP contribution is 2.11. The van der Waals surface area contributed by atoms with E-state index in [1.807, 2.05) is 26.0 Å². The van der Waals surface area contributed by atoms with E-state index in [0.29, 0.717) is 13.0 Å². The fraction of sp³-hybridized carbons (Fsp3) is 0.500. The maximum atomic E-state index is 11.1. The van der Waals surface area contributed by atoms with Gasteiger partial charge in [0, 0.05) is 12.7 Å². The van der Waals surface area contributed by atoms with Gasteiger partial charge in [0.1, 0.15) is 5.54 Å². The minimum atomic E-state index is -0.885. The summed E-state index contributed by atoms with van der Waals surface area (Å²) in [5.74, 6) is -0.830. The molecule has 0 saturated heterocycles. The minimum absolute atomic E-state index is 0.476. The number of carbonyl (C=O) groups is 1. The molecule has 88 valence electrons. The minimum Gasteiger partial charge on any atom is -0.480 e. The van der Waals surface area contributed by atoms with Crippen LogP contribution >= 0.6 is 0 Å². The Labute approximate surface area is 95.7 Å². The van der Waals surface area contributed by atoms with Crippen LogP contribution in [0, 0.1) is 6.92 Å². The summed E-state index contributed by atoms with van der Waals surface area (Å²) < 4.78 is 0. The maximum absolute atomic E-state index is 11.1. The van der Waals surface area contributed by atoms with Crippen LogP contribution in [0.2, 0.25) is 0 Å². The summed E-state index contributed by atoms with van der Waals surface area (Å²) in [6.45, 7) is 5.98. The lowest BCUT2D eigenvalue weighted by Crippen LogP contribution is -2.48. The molecule has 0 amide bonds. The number of aryl methyl sites for hydroxylation is 1. The van der Waals surface area contributed by atoms with Crippen molar-refractivity contribution >= 4 is 5.97 Å². The third-order valence-electron chi connectivity index (χ3n) is 2.94.